The van der Waals surface area contributed by atoms with Crippen LogP contribution in [-0.4, -0.2) is 56.7 Å². The topological polar surface area (TPSA) is 73.9 Å². The van der Waals surface area contributed by atoms with Crippen LogP contribution in [0.25, 0.3) is 0 Å². The molecule has 0 bridgehead atoms. The second-order valence-electron chi connectivity index (χ2n) is 8.04. The first-order chi connectivity index (χ1) is 15.5. The number of hydrogen-bond donors (Lipinski definition) is 2. The second-order valence-corrected chi connectivity index (χ2v) is 8.45. The van der Waals surface area contributed by atoms with Crippen LogP contribution in [0.1, 0.15) is 17.2 Å². The zero-order chi connectivity index (χ0) is 22.7. The summed E-state index contributed by atoms with van der Waals surface area (Å²) in [5.74, 6) is -0.451. The molecule has 0 aliphatic carbocycles. The average molecular weight is 455 g/mol. The first kappa shape index (κ1) is 22.2. The molecular weight excluding hydrogens is 428 g/mol. The third kappa shape index (κ3) is 4.74. The SMILES string of the molecule is COC(=O)C1=C(CN2CCN(c3ccccc3Cl)CC2)NC(=O)NC1c1ccc(C)cc1. The summed E-state index contributed by atoms with van der Waals surface area (Å²) in [7, 11) is 1.36. The molecule has 168 valence electrons. The summed E-state index contributed by atoms with van der Waals surface area (Å²) in [6, 6.07) is 14.7. The molecular formula is C24H27ClN4O3. The third-order valence-electron chi connectivity index (χ3n) is 5.92. The van der Waals surface area contributed by atoms with E-state index in [1.54, 1.807) is 0 Å². The summed E-state index contributed by atoms with van der Waals surface area (Å²) in [4.78, 5) is 29.7. The van der Waals surface area contributed by atoms with Crippen LogP contribution in [0.5, 0.6) is 0 Å². The van der Waals surface area contributed by atoms with Gasteiger partial charge in [-0.1, -0.05) is 53.6 Å². The van der Waals surface area contributed by atoms with Gasteiger partial charge in [0.25, 0.3) is 0 Å². The van der Waals surface area contributed by atoms with Crippen LogP contribution in [0.3, 0.4) is 0 Å². The number of benzene rings is 2. The van der Waals surface area contributed by atoms with E-state index in [0.717, 1.165) is 48.0 Å². The van der Waals surface area contributed by atoms with Crippen LogP contribution >= 0.6 is 11.6 Å². The van der Waals surface area contributed by atoms with Crippen molar-refractivity contribution in [3.05, 3.63) is 76.0 Å². The van der Waals surface area contributed by atoms with Crippen LogP contribution in [-0.2, 0) is 9.53 Å². The Morgan fingerprint density at radius 3 is 2.44 bits per heavy atom. The molecule has 1 saturated heterocycles. The number of halogens is 1. The number of nitrogens with one attached hydrogen (secondary N) is 2. The number of rotatable bonds is 5. The van der Waals surface area contributed by atoms with Gasteiger partial charge in [-0.3, -0.25) is 4.90 Å². The molecule has 0 spiro atoms. The van der Waals surface area contributed by atoms with E-state index >= 15 is 0 Å². The highest BCUT2D eigenvalue weighted by Gasteiger charge is 2.34. The molecule has 2 aliphatic rings. The van der Waals surface area contributed by atoms with E-state index in [0.29, 0.717) is 17.8 Å². The molecule has 8 heteroatoms. The number of urea groups is 1. The number of aryl methyl sites for hydroxylation is 1. The number of methoxy groups -OCH3 is 1. The first-order valence-electron chi connectivity index (χ1n) is 10.6. The molecule has 2 heterocycles. The van der Waals surface area contributed by atoms with E-state index in [1.807, 2.05) is 55.5 Å². The Kier molecular flexibility index (Phi) is 6.67. The normalized spacial score (nSPS) is 19.4. The smallest absolute Gasteiger partial charge is 0.338 e. The van der Waals surface area contributed by atoms with Crippen molar-refractivity contribution >= 4 is 29.3 Å². The molecule has 0 saturated carbocycles. The van der Waals surface area contributed by atoms with Gasteiger partial charge in [0.05, 0.1) is 29.4 Å². The summed E-state index contributed by atoms with van der Waals surface area (Å²) < 4.78 is 5.08. The monoisotopic (exact) mass is 454 g/mol. The van der Waals surface area contributed by atoms with Crippen molar-refractivity contribution in [2.24, 2.45) is 0 Å². The molecule has 2 N–H and O–H groups in total. The van der Waals surface area contributed by atoms with E-state index in [-0.39, 0.29) is 6.03 Å². The lowest BCUT2D eigenvalue weighted by Gasteiger charge is -2.38. The molecule has 1 unspecified atom stereocenters. The van der Waals surface area contributed by atoms with Crippen molar-refractivity contribution in [1.82, 2.24) is 15.5 Å². The minimum Gasteiger partial charge on any atom is -0.466 e. The maximum atomic E-state index is 12.7. The highest BCUT2D eigenvalue weighted by molar-refractivity contribution is 6.33. The molecule has 0 radical (unpaired) electrons. The quantitative estimate of drug-likeness (QED) is 0.678. The van der Waals surface area contributed by atoms with Gasteiger partial charge in [-0.05, 0) is 24.6 Å². The number of ether oxygens (including phenoxy) is 1. The van der Waals surface area contributed by atoms with Crippen LogP contribution in [0, 0.1) is 6.92 Å². The maximum Gasteiger partial charge on any atom is 0.338 e. The van der Waals surface area contributed by atoms with Gasteiger partial charge >= 0.3 is 12.0 Å². The Morgan fingerprint density at radius 2 is 1.78 bits per heavy atom. The Hall–Kier alpha value is -3.03. The molecule has 2 aromatic rings. The van der Waals surface area contributed by atoms with Gasteiger partial charge in [0.1, 0.15) is 0 Å². The minimum absolute atomic E-state index is 0.326. The zero-order valence-corrected chi connectivity index (χ0v) is 19.0. The highest BCUT2D eigenvalue weighted by Crippen LogP contribution is 2.29. The van der Waals surface area contributed by atoms with Crippen LogP contribution < -0.4 is 15.5 Å². The molecule has 1 atom stereocenters. The fourth-order valence-corrected chi connectivity index (χ4v) is 4.44. The number of para-hydroxylation sites is 1. The number of nitrogens with zero attached hydrogens (tertiary/aromatic N) is 2. The Labute approximate surface area is 193 Å². The van der Waals surface area contributed by atoms with Gasteiger partial charge in [-0.25, -0.2) is 9.59 Å². The van der Waals surface area contributed by atoms with Gasteiger partial charge in [-0.2, -0.15) is 0 Å². The van der Waals surface area contributed by atoms with Crippen molar-refractivity contribution in [3.8, 4) is 0 Å². The number of piperazine rings is 1. The maximum absolute atomic E-state index is 12.7. The summed E-state index contributed by atoms with van der Waals surface area (Å²) >= 11 is 6.35. The minimum atomic E-state index is -0.559. The molecule has 2 amide bonds. The van der Waals surface area contributed by atoms with E-state index < -0.39 is 12.0 Å². The molecule has 4 rings (SSSR count). The summed E-state index contributed by atoms with van der Waals surface area (Å²) in [6.45, 7) is 5.62. The van der Waals surface area contributed by atoms with Crippen LogP contribution in [0.4, 0.5) is 10.5 Å². The average Bonchev–Trinajstić information content (AvgIpc) is 2.80. The number of carbonyl (C=O) groups is 2. The highest BCUT2D eigenvalue weighted by atomic mass is 35.5. The van der Waals surface area contributed by atoms with E-state index in [1.165, 1.54) is 7.11 Å². The number of amides is 2. The predicted octanol–water partition coefficient (Wildman–Crippen LogP) is 3.25. The van der Waals surface area contributed by atoms with E-state index in [2.05, 4.69) is 20.4 Å². The van der Waals surface area contributed by atoms with Gasteiger partial charge in [0, 0.05) is 38.4 Å². The third-order valence-corrected chi connectivity index (χ3v) is 6.24. The molecule has 32 heavy (non-hydrogen) atoms. The van der Waals surface area contributed by atoms with Crippen molar-refractivity contribution < 1.29 is 14.3 Å². The Bertz CT molecular complexity index is 1030. The lowest BCUT2D eigenvalue weighted by Crippen LogP contribution is -2.51. The van der Waals surface area contributed by atoms with Crippen molar-refractivity contribution in [2.45, 2.75) is 13.0 Å². The van der Waals surface area contributed by atoms with E-state index in [4.69, 9.17) is 16.3 Å². The number of anilines is 1. The standard InChI is InChI=1S/C24H27ClN4O3/c1-16-7-9-17(10-8-16)22-21(23(30)32-2)19(26-24(31)27-22)15-28-11-13-29(14-12-28)20-6-4-3-5-18(20)25/h3-10,22H,11-15H2,1-2H3,(H2,26,27,31). The molecule has 2 aromatic carbocycles. The van der Waals surface area contributed by atoms with Gasteiger partial charge in [0.15, 0.2) is 0 Å². The number of hydrogen-bond acceptors (Lipinski definition) is 5. The number of carbonyl (C=O) groups excluding carboxylic acids is 2. The predicted molar refractivity (Wildman–Crippen MR) is 125 cm³/mol. The van der Waals surface area contributed by atoms with Gasteiger partial charge in [0.2, 0.25) is 0 Å². The molecule has 2 aliphatic heterocycles. The number of esters is 1. The second kappa shape index (κ2) is 9.63. The summed E-state index contributed by atoms with van der Waals surface area (Å²) in [6.07, 6.45) is 0. The fourth-order valence-electron chi connectivity index (χ4n) is 4.18. The molecule has 0 aromatic heterocycles. The summed E-state index contributed by atoms with van der Waals surface area (Å²) in [5, 5.41) is 6.45. The van der Waals surface area contributed by atoms with Crippen molar-refractivity contribution in [2.75, 3.05) is 44.7 Å². The van der Waals surface area contributed by atoms with Crippen LogP contribution in [0.15, 0.2) is 59.8 Å². The molecule has 1 fully saturated rings. The zero-order valence-electron chi connectivity index (χ0n) is 18.2. The lowest BCUT2D eigenvalue weighted by atomic mass is 9.94. The van der Waals surface area contributed by atoms with Crippen molar-refractivity contribution in [1.29, 1.82) is 0 Å². The van der Waals surface area contributed by atoms with Gasteiger partial charge < -0.3 is 20.3 Å². The van der Waals surface area contributed by atoms with Gasteiger partial charge in [-0.15, -0.1) is 0 Å². The van der Waals surface area contributed by atoms with Crippen molar-refractivity contribution in [3.63, 3.8) is 0 Å². The first-order valence-corrected chi connectivity index (χ1v) is 11.0. The van der Waals surface area contributed by atoms with Crippen LogP contribution in [0.2, 0.25) is 5.02 Å². The Balaban J connectivity index is 1.55. The summed E-state index contributed by atoms with van der Waals surface area (Å²) in [5.41, 5.74) is 3.99. The van der Waals surface area contributed by atoms with E-state index in [9.17, 15) is 9.59 Å². The lowest BCUT2D eigenvalue weighted by molar-refractivity contribution is -0.136. The Morgan fingerprint density at radius 1 is 1.09 bits per heavy atom. The molecule has 7 nitrogen and oxygen atoms in total. The largest absolute Gasteiger partial charge is 0.466 e. The fraction of sp³-hybridized carbons (Fsp3) is 0.333.